The molecular formula is C24H38N4O6. The van der Waals surface area contributed by atoms with E-state index in [-0.39, 0.29) is 24.3 Å². The summed E-state index contributed by atoms with van der Waals surface area (Å²) in [5.74, 6) is -0.850. The number of nitrogens with zero attached hydrogens (tertiary/aromatic N) is 2. The quantitative estimate of drug-likeness (QED) is 0.476. The number of hydrogen-bond donors (Lipinski definition) is 2. The zero-order valence-electron chi connectivity index (χ0n) is 20.9. The lowest BCUT2D eigenvalue weighted by Crippen LogP contribution is -2.58. The molecule has 1 saturated heterocycles. The maximum absolute atomic E-state index is 13.5. The Morgan fingerprint density at radius 3 is 2.68 bits per heavy atom. The van der Waals surface area contributed by atoms with E-state index in [1.54, 1.807) is 27.7 Å². The summed E-state index contributed by atoms with van der Waals surface area (Å²) in [5.41, 5.74) is 0.768. The Hall–Kier alpha value is -2.78. The minimum Gasteiger partial charge on any atom is -0.464 e. The van der Waals surface area contributed by atoms with Crippen LogP contribution in [-0.4, -0.2) is 70.8 Å². The zero-order chi connectivity index (χ0) is 25.1. The van der Waals surface area contributed by atoms with Crippen LogP contribution in [0.4, 0.5) is 9.59 Å². The third kappa shape index (κ3) is 6.01. The maximum atomic E-state index is 13.5. The molecule has 10 nitrogen and oxygen atoms in total. The van der Waals surface area contributed by atoms with Crippen molar-refractivity contribution in [3.8, 4) is 0 Å². The van der Waals surface area contributed by atoms with E-state index >= 15 is 0 Å². The first-order valence-corrected chi connectivity index (χ1v) is 12.2. The lowest BCUT2D eigenvalue weighted by atomic mass is 10.1. The highest BCUT2D eigenvalue weighted by atomic mass is 16.6. The second kappa shape index (κ2) is 10.2. The van der Waals surface area contributed by atoms with E-state index in [2.05, 4.69) is 10.7 Å². The first kappa shape index (κ1) is 25.8. The van der Waals surface area contributed by atoms with Crippen LogP contribution >= 0.6 is 0 Å². The van der Waals surface area contributed by atoms with Crippen molar-refractivity contribution in [1.29, 1.82) is 0 Å². The Morgan fingerprint density at radius 2 is 2.00 bits per heavy atom. The molecule has 0 bridgehead atoms. The Kier molecular flexibility index (Phi) is 7.77. The minimum atomic E-state index is -1.08. The Balaban J connectivity index is 1.84. The minimum absolute atomic E-state index is 0.0900. The summed E-state index contributed by atoms with van der Waals surface area (Å²) in [5, 5.41) is 4.15. The highest BCUT2D eigenvalue weighted by molar-refractivity contribution is 5.95. The van der Waals surface area contributed by atoms with Gasteiger partial charge in [-0.15, -0.1) is 0 Å². The summed E-state index contributed by atoms with van der Waals surface area (Å²) >= 11 is 0. The van der Waals surface area contributed by atoms with Gasteiger partial charge in [-0.1, -0.05) is 19.1 Å². The number of fused-ring (bicyclic) bond motifs is 2. The normalized spacial score (nSPS) is 30.9. The van der Waals surface area contributed by atoms with Crippen molar-refractivity contribution >= 4 is 24.0 Å². The summed E-state index contributed by atoms with van der Waals surface area (Å²) in [6, 6.07) is -1.20. The second-order valence-electron chi connectivity index (χ2n) is 10.5. The van der Waals surface area contributed by atoms with Gasteiger partial charge in [0.15, 0.2) is 0 Å². The van der Waals surface area contributed by atoms with Gasteiger partial charge in [0.05, 0.1) is 6.61 Å². The van der Waals surface area contributed by atoms with Gasteiger partial charge in [-0.05, 0) is 65.7 Å². The lowest BCUT2D eigenvalue weighted by molar-refractivity contribution is -0.149. The van der Waals surface area contributed by atoms with E-state index in [0.29, 0.717) is 32.4 Å². The first-order chi connectivity index (χ1) is 16.0. The van der Waals surface area contributed by atoms with Crippen molar-refractivity contribution in [2.45, 2.75) is 83.9 Å². The number of carbonyl (C=O) groups excluding carboxylic acids is 4. The second-order valence-corrected chi connectivity index (χ2v) is 10.5. The molecular weight excluding hydrogens is 440 g/mol. The van der Waals surface area contributed by atoms with Gasteiger partial charge >= 0.3 is 18.1 Å². The summed E-state index contributed by atoms with van der Waals surface area (Å²) in [4.78, 5) is 53.5. The standard InChI is InChI=1S/C24H38N4O6/c1-6-33-20(30)24-14-17(24)11-9-7-8-10-12-28(26-21(31)34-23(3,4)5)22(32)27-15-16(2)13-18(27)19(29)25-24/h9,11,16-18H,6-8,10,12-15H2,1-5H3,(H,25,29)(H,26,31)/b11-9-/t16-,17-,18+,24-/m1/s1. The molecule has 3 rings (SSSR count). The number of nitrogens with one attached hydrogen (secondary N) is 2. The molecule has 0 aromatic carbocycles. The first-order valence-electron chi connectivity index (χ1n) is 12.2. The van der Waals surface area contributed by atoms with Crippen LogP contribution in [0.15, 0.2) is 12.2 Å². The number of ether oxygens (including phenoxy) is 2. The van der Waals surface area contributed by atoms with Gasteiger partial charge in [0.2, 0.25) is 5.91 Å². The largest absolute Gasteiger partial charge is 0.464 e. The molecule has 2 aliphatic heterocycles. The average Bonchev–Trinajstić information content (AvgIpc) is 3.28. The van der Waals surface area contributed by atoms with Gasteiger partial charge in [0.25, 0.3) is 0 Å². The number of hydrazine groups is 1. The van der Waals surface area contributed by atoms with Crippen LogP contribution in [0.25, 0.3) is 0 Å². The lowest BCUT2D eigenvalue weighted by Gasteiger charge is -2.32. The van der Waals surface area contributed by atoms with E-state index in [0.717, 1.165) is 12.8 Å². The molecule has 0 aromatic rings. The summed E-state index contributed by atoms with van der Waals surface area (Å²) in [6.07, 6.45) is 6.40. The monoisotopic (exact) mass is 478 g/mol. The summed E-state index contributed by atoms with van der Waals surface area (Å²) < 4.78 is 10.6. The van der Waals surface area contributed by atoms with Crippen LogP contribution in [0.1, 0.15) is 66.7 Å². The maximum Gasteiger partial charge on any atom is 0.426 e. The molecule has 0 aromatic heterocycles. The van der Waals surface area contributed by atoms with Crippen LogP contribution in [0.5, 0.6) is 0 Å². The molecule has 190 valence electrons. The molecule has 0 radical (unpaired) electrons. The predicted molar refractivity (Wildman–Crippen MR) is 124 cm³/mol. The molecule has 4 atom stereocenters. The number of esters is 1. The van der Waals surface area contributed by atoms with Crippen LogP contribution in [-0.2, 0) is 19.1 Å². The van der Waals surface area contributed by atoms with Crippen LogP contribution in [0.3, 0.4) is 0 Å². The molecule has 0 unspecified atom stereocenters. The summed E-state index contributed by atoms with van der Waals surface area (Å²) in [7, 11) is 0. The molecule has 10 heteroatoms. The number of urea groups is 1. The molecule has 4 amide bonds. The van der Waals surface area contributed by atoms with Crippen molar-refractivity contribution in [2.75, 3.05) is 19.7 Å². The average molecular weight is 479 g/mol. The molecule has 3 aliphatic rings. The number of amides is 4. The van der Waals surface area contributed by atoms with Gasteiger partial charge in [0.1, 0.15) is 17.2 Å². The third-order valence-electron chi connectivity index (χ3n) is 6.29. The Labute approximate surface area is 201 Å². The van der Waals surface area contributed by atoms with Gasteiger partial charge in [0, 0.05) is 19.0 Å². The Bertz CT molecular complexity index is 838. The smallest absolute Gasteiger partial charge is 0.426 e. The molecule has 1 aliphatic carbocycles. The molecule has 34 heavy (non-hydrogen) atoms. The van der Waals surface area contributed by atoms with Gasteiger partial charge in [-0.3, -0.25) is 4.79 Å². The van der Waals surface area contributed by atoms with Crippen LogP contribution in [0, 0.1) is 11.8 Å². The number of carbonyl (C=O) groups is 4. The fourth-order valence-corrected chi connectivity index (χ4v) is 4.58. The fraction of sp³-hybridized carbons (Fsp3) is 0.750. The third-order valence-corrected chi connectivity index (χ3v) is 6.29. The molecule has 0 spiro atoms. The van der Waals surface area contributed by atoms with Crippen molar-refractivity contribution in [2.24, 2.45) is 11.8 Å². The van der Waals surface area contributed by atoms with Crippen LogP contribution < -0.4 is 10.7 Å². The van der Waals surface area contributed by atoms with E-state index in [1.165, 1.54) is 9.91 Å². The SMILES string of the molecule is CCOC(=O)[C@@]12C[C@H]1/C=C\CCCCN(NC(=O)OC(C)(C)C)C(=O)N1C[C@H](C)C[C@H]1C(=O)N2. The molecule has 2 fully saturated rings. The van der Waals surface area contributed by atoms with E-state index in [9.17, 15) is 19.2 Å². The van der Waals surface area contributed by atoms with Crippen molar-refractivity contribution in [3.63, 3.8) is 0 Å². The molecule has 1 saturated carbocycles. The van der Waals surface area contributed by atoms with Crippen molar-refractivity contribution in [3.05, 3.63) is 12.2 Å². The number of hydrogen-bond acceptors (Lipinski definition) is 6. The molecule has 2 heterocycles. The fourth-order valence-electron chi connectivity index (χ4n) is 4.58. The topological polar surface area (TPSA) is 117 Å². The zero-order valence-corrected chi connectivity index (χ0v) is 20.9. The van der Waals surface area contributed by atoms with Gasteiger partial charge in [-0.25, -0.2) is 24.8 Å². The van der Waals surface area contributed by atoms with E-state index in [1.807, 2.05) is 19.1 Å². The predicted octanol–water partition coefficient (Wildman–Crippen LogP) is 2.74. The van der Waals surface area contributed by atoms with E-state index < -0.39 is 35.3 Å². The van der Waals surface area contributed by atoms with Crippen molar-refractivity contribution < 1.29 is 28.7 Å². The number of allylic oxidation sites excluding steroid dienone is 1. The number of rotatable bonds is 3. The highest BCUT2D eigenvalue weighted by Crippen LogP contribution is 2.46. The van der Waals surface area contributed by atoms with Crippen molar-refractivity contribution in [1.82, 2.24) is 20.7 Å². The van der Waals surface area contributed by atoms with E-state index in [4.69, 9.17) is 9.47 Å². The van der Waals surface area contributed by atoms with Gasteiger partial charge < -0.3 is 19.7 Å². The molecule has 2 N–H and O–H groups in total. The Morgan fingerprint density at radius 1 is 1.26 bits per heavy atom. The highest BCUT2D eigenvalue weighted by Gasteiger charge is 2.62. The summed E-state index contributed by atoms with van der Waals surface area (Å²) in [6.45, 7) is 9.84. The van der Waals surface area contributed by atoms with Gasteiger partial charge in [-0.2, -0.15) is 0 Å². The van der Waals surface area contributed by atoms with Crippen LogP contribution in [0.2, 0.25) is 0 Å².